The second-order valence-corrected chi connectivity index (χ2v) is 4.84. The molecule has 5 nitrogen and oxygen atoms in total. The first-order chi connectivity index (χ1) is 10.6. The first kappa shape index (κ1) is 15.7. The van der Waals surface area contributed by atoms with Crippen molar-refractivity contribution < 1.29 is 14.3 Å². The van der Waals surface area contributed by atoms with Crippen LogP contribution in [-0.2, 0) is 16.1 Å². The predicted octanol–water partition coefficient (Wildman–Crippen LogP) is 2.70. The highest BCUT2D eigenvalue weighted by molar-refractivity contribution is 6.13. The molecule has 1 atom stereocenters. The zero-order valence-corrected chi connectivity index (χ0v) is 12.3. The van der Waals surface area contributed by atoms with E-state index < -0.39 is 18.0 Å². The zero-order chi connectivity index (χ0) is 15.9. The Bertz CT molecular complexity index is 627. The van der Waals surface area contributed by atoms with Crippen LogP contribution in [0.2, 0.25) is 0 Å². The molecule has 0 aliphatic rings. The minimum atomic E-state index is -0.801. The summed E-state index contributed by atoms with van der Waals surface area (Å²) in [4.78, 5) is 25.5. The molecule has 2 aromatic rings. The molecular weight excluding hydrogens is 280 g/mol. The molecule has 22 heavy (non-hydrogen) atoms. The molecule has 0 aliphatic heterocycles. The van der Waals surface area contributed by atoms with E-state index in [1.807, 2.05) is 30.3 Å². The molecule has 0 heterocycles. The maximum Gasteiger partial charge on any atom is 0.421 e. The van der Waals surface area contributed by atoms with Crippen molar-refractivity contribution in [1.29, 1.82) is 0 Å². The molecule has 0 spiro atoms. The van der Waals surface area contributed by atoms with Crippen molar-refractivity contribution in [3.8, 4) is 0 Å². The molecule has 0 unspecified atom stereocenters. The van der Waals surface area contributed by atoms with Gasteiger partial charge in [-0.05, 0) is 24.6 Å². The lowest BCUT2D eigenvalue weighted by atomic mass is 10.2. The Morgan fingerprint density at radius 2 is 1.59 bits per heavy atom. The third kappa shape index (κ3) is 3.93. The Morgan fingerprint density at radius 3 is 2.14 bits per heavy atom. The summed E-state index contributed by atoms with van der Waals surface area (Å²) in [6, 6.07) is 17.0. The van der Waals surface area contributed by atoms with Gasteiger partial charge in [0.05, 0.1) is 11.7 Å². The van der Waals surface area contributed by atoms with Crippen molar-refractivity contribution in [2.45, 2.75) is 19.6 Å². The minimum Gasteiger partial charge on any atom is -0.444 e. The van der Waals surface area contributed by atoms with Gasteiger partial charge in [-0.2, -0.15) is 0 Å². The second-order valence-electron chi connectivity index (χ2n) is 4.84. The van der Waals surface area contributed by atoms with Gasteiger partial charge in [0, 0.05) is 0 Å². The number of benzene rings is 2. The normalized spacial score (nSPS) is 11.5. The van der Waals surface area contributed by atoms with E-state index in [4.69, 9.17) is 10.5 Å². The van der Waals surface area contributed by atoms with Crippen molar-refractivity contribution in [3.05, 3.63) is 66.2 Å². The van der Waals surface area contributed by atoms with E-state index in [9.17, 15) is 9.59 Å². The third-order valence-corrected chi connectivity index (χ3v) is 3.01. The number of hydrogen-bond donors (Lipinski definition) is 1. The van der Waals surface area contributed by atoms with Gasteiger partial charge in [-0.3, -0.25) is 4.79 Å². The summed E-state index contributed by atoms with van der Waals surface area (Å²) in [5, 5.41) is 0. The number of hydrogen-bond acceptors (Lipinski definition) is 4. The Hall–Kier alpha value is -2.66. The summed E-state index contributed by atoms with van der Waals surface area (Å²) >= 11 is 0. The Kier molecular flexibility index (Phi) is 5.27. The lowest BCUT2D eigenvalue weighted by Crippen LogP contribution is -2.46. The van der Waals surface area contributed by atoms with Gasteiger partial charge in [0.15, 0.2) is 0 Å². The van der Waals surface area contributed by atoms with Crippen LogP contribution in [0.25, 0.3) is 0 Å². The van der Waals surface area contributed by atoms with E-state index in [2.05, 4.69) is 0 Å². The van der Waals surface area contributed by atoms with E-state index in [-0.39, 0.29) is 6.61 Å². The molecule has 2 aromatic carbocycles. The number of carbonyl (C=O) groups excluding carboxylic acids is 2. The highest BCUT2D eigenvalue weighted by Gasteiger charge is 2.27. The van der Waals surface area contributed by atoms with E-state index in [0.29, 0.717) is 5.69 Å². The molecule has 0 fully saturated rings. The average Bonchev–Trinajstić information content (AvgIpc) is 2.55. The first-order valence-electron chi connectivity index (χ1n) is 6.95. The molecule has 2 amide bonds. The van der Waals surface area contributed by atoms with Crippen molar-refractivity contribution in [2.24, 2.45) is 5.73 Å². The van der Waals surface area contributed by atoms with Gasteiger partial charge in [0.1, 0.15) is 6.61 Å². The van der Waals surface area contributed by atoms with Crippen molar-refractivity contribution in [1.82, 2.24) is 0 Å². The molecule has 0 saturated heterocycles. The van der Waals surface area contributed by atoms with Crippen molar-refractivity contribution >= 4 is 17.7 Å². The van der Waals surface area contributed by atoms with E-state index in [0.717, 1.165) is 10.5 Å². The van der Waals surface area contributed by atoms with Crippen LogP contribution in [0.1, 0.15) is 12.5 Å². The summed E-state index contributed by atoms with van der Waals surface area (Å²) in [7, 11) is 0. The molecule has 2 rings (SSSR count). The van der Waals surface area contributed by atoms with E-state index in [1.165, 1.54) is 6.92 Å². The molecule has 0 saturated carbocycles. The largest absolute Gasteiger partial charge is 0.444 e. The monoisotopic (exact) mass is 298 g/mol. The maximum absolute atomic E-state index is 12.3. The molecule has 0 aromatic heterocycles. The minimum absolute atomic E-state index is 0.0925. The Balaban J connectivity index is 2.14. The topological polar surface area (TPSA) is 72.6 Å². The fourth-order valence-corrected chi connectivity index (χ4v) is 1.89. The quantitative estimate of drug-likeness (QED) is 0.942. The summed E-state index contributed by atoms with van der Waals surface area (Å²) in [6.45, 7) is 1.62. The van der Waals surface area contributed by atoms with Gasteiger partial charge in [0.2, 0.25) is 0 Å². The van der Waals surface area contributed by atoms with Crippen LogP contribution in [0.5, 0.6) is 0 Å². The number of nitrogens with two attached hydrogens (primary N) is 1. The lowest BCUT2D eigenvalue weighted by molar-refractivity contribution is -0.119. The number of amides is 2. The molecule has 0 aliphatic carbocycles. The summed E-state index contributed by atoms with van der Waals surface area (Å²) in [5.41, 5.74) is 6.90. The number of imide groups is 1. The molecular formula is C17H18N2O3. The van der Waals surface area contributed by atoms with E-state index >= 15 is 0 Å². The summed E-state index contributed by atoms with van der Waals surface area (Å²) in [6.07, 6.45) is -0.739. The predicted molar refractivity (Wildman–Crippen MR) is 84.2 cm³/mol. The van der Waals surface area contributed by atoms with Crippen LogP contribution in [0.15, 0.2) is 60.7 Å². The summed E-state index contributed by atoms with van der Waals surface area (Å²) < 4.78 is 5.23. The average molecular weight is 298 g/mol. The molecule has 0 radical (unpaired) electrons. The van der Waals surface area contributed by atoms with Crippen LogP contribution in [0.3, 0.4) is 0 Å². The van der Waals surface area contributed by atoms with Gasteiger partial charge in [-0.15, -0.1) is 0 Å². The van der Waals surface area contributed by atoms with Crippen LogP contribution in [0.4, 0.5) is 10.5 Å². The standard InChI is InChI=1S/C17H18N2O3/c1-13(18)16(20)19(15-10-6-3-7-11-15)17(21)22-12-14-8-4-2-5-9-14/h2-11,13H,12,18H2,1H3/t13-/m0/s1. The molecule has 5 heteroatoms. The van der Waals surface area contributed by atoms with Crippen LogP contribution >= 0.6 is 0 Å². The molecule has 2 N–H and O–H groups in total. The van der Waals surface area contributed by atoms with Gasteiger partial charge in [-0.1, -0.05) is 48.5 Å². The smallest absolute Gasteiger partial charge is 0.421 e. The van der Waals surface area contributed by atoms with Gasteiger partial charge < -0.3 is 10.5 Å². The fourth-order valence-electron chi connectivity index (χ4n) is 1.89. The van der Waals surface area contributed by atoms with Crippen LogP contribution in [0, 0.1) is 0 Å². The number of para-hydroxylation sites is 1. The van der Waals surface area contributed by atoms with E-state index in [1.54, 1.807) is 30.3 Å². The van der Waals surface area contributed by atoms with Crippen LogP contribution in [-0.4, -0.2) is 18.0 Å². The van der Waals surface area contributed by atoms with Gasteiger partial charge in [-0.25, -0.2) is 9.69 Å². The number of rotatable bonds is 4. The fraction of sp³-hybridized carbons (Fsp3) is 0.176. The second kappa shape index (κ2) is 7.38. The number of ether oxygens (including phenoxy) is 1. The Morgan fingerprint density at radius 1 is 1.05 bits per heavy atom. The van der Waals surface area contributed by atoms with Crippen molar-refractivity contribution in [3.63, 3.8) is 0 Å². The van der Waals surface area contributed by atoms with Crippen LogP contribution < -0.4 is 10.6 Å². The number of anilines is 1. The highest BCUT2D eigenvalue weighted by atomic mass is 16.6. The number of nitrogens with zero attached hydrogens (tertiary/aromatic N) is 1. The number of carbonyl (C=O) groups is 2. The highest BCUT2D eigenvalue weighted by Crippen LogP contribution is 2.16. The maximum atomic E-state index is 12.3. The lowest BCUT2D eigenvalue weighted by Gasteiger charge is -2.22. The third-order valence-electron chi connectivity index (χ3n) is 3.01. The Labute approximate surface area is 129 Å². The van der Waals surface area contributed by atoms with Crippen molar-refractivity contribution in [2.75, 3.05) is 4.90 Å². The molecule has 0 bridgehead atoms. The van der Waals surface area contributed by atoms with Gasteiger partial charge in [0.25, 0.3) is 5.91 Å². The molecule has 114 valence electrons. The van der Waals surface area contributed by atoms with Gasteiger partial charge >= 0.3 is 6.09 Å². The zero-order valence-electron chi connectivity index (χ0n) is 12.3. The first-order valence-corrected chi connectivity index (χ1v) is 6.95. The SMILES string of the molecule is C[C@H](N)C(=O)N(C(=O)OCc1ccccc1)c1ccccc1. The summed E-state index contributed by atoms with van der Waals surface area (Å²) in [5.74, 6) is -0.510.